The molecule has 1 saturated carbocycles. The molecule has 6 unspecified atom stereocenters. The quantitative estimate of drug-likeness (QED) is 0.652. The van der Waals surface area contributed by atoms with Crippen LogP contribution in [0.25, 0.3) is 0 Å². The third-order valence-electron chi connectivity index (χ3n) is 9.39. The van der Waals surface area contributed by atoms with E-state index in [9.17, 15) is 9.59 Å². The van der Waals surface area contributed by atoms with E-state index in [1.165, 1.54) is 7.11 Å². The number of ether oxygens (including phenoxy) is 2. The number of allylic oxidation sites excluding steroid dienone is 2. The molecule has 6 aliphatic rings. The van der Waals surface area contributed by atoms with Crippen molar-refractivity contribution in [2.75, 3.05) is 26.8 Å². The first-order chi connectivity index (χ1) is 13.4. The molecule has 3 aliphatic heterocycles. The van der Waals surface area contributed by atoms with Gasteiger partial charge in [0, 0.05) is 54.5 Å². The van der Waals surface area contributed by atoms with Gasteiger partial charge in [-0.15, -0.1) is 0 Å². The molecule has 0 N–H and O–H groups in total. The van der Waals surface area contributed by atoms with Crippen molar-refractivity contribution in [3.8, 4) is 0 Å². The Kier molecular flexibility index (Phi) is 3.26. The van der Waals surface area contributed by atoms with Crippen molar-refractivity contribution in [2.24, 2.45) is 28.6 Å². The van der Waals surface area contributed by atoms with Gasteiger partial charge in [-0.1, -0.05) is 13.8 Å². The molecular formula is C23H29NO4. The van der Waals surface area contributed by atoms with Crippen LogP contribution in [0.3, 0.4) is 0 Å². The van der Waals surface area contributed by atoms with E-state index in [-0.39, 0.29) is 17.3 Å². The lowest BCUT2D eigenvalue weighted by Crippen LogP contribution is -2.65. The second kappa shape index (κ2) is 5.29. The number of fused-ring (bicyclic) bond motifs is 1. The number of esters is 1. The maximum absolute atomic E-state index is 14.3. The van der Waals surface area contributed by atoms with Gasteiger partial charge < -0.3 is 9.47 Å². The number of hydrogen-bond acceptors (Lipinski definition) is 5. The van der Waals surface area contributed by atoms with Gasteiger partial charge in [0.15, 0.2) is 0 Å². The van der Waals surface area contributed by atoms with Crippen LogP contribution in [0.1, 0.15) is 46.0 Å². The third kappa shape index (κ3) is 1.67. The molecule has 0 aromatic rings. The molecule has 0 radical (unpaired) electrons. The first-order valence-electron chi connectivity index (χ1n) is 10.9. The molecule has 0 aromatic heterocycles. The van der Waals surface area contributed by atoms with Gasteiger partial charge in [0.05, 0.1) is 19.1 Å². The first kappa shape index (κ1) is 17.3. The monoisotopic (exact) mass is 383 g/mol. The summed E-state index contributed by atoms with van der Waals surface area (Å²) in [5.74, 6) is 2.09. The minimum Gasteiger partial charge on any atom is -0.497 e. The maximum Gasteiger partial charge on any atom is 0.334 e. The van der Waals surface area contributed by atoms with Crippen molar-refractivity contribution in [1.29, 1.82) is 0 Å². The second-order valence-electron chi connectivity index (χ2n) is 10.1. The zero-order valence-electron chi connectivity index (χ0n) is 17.0. The summed E-state index contributed by atoms with van der Waals surface area (Å²) < 4.78 is 11.4. The third-order valence-corrected chi connectivity index (χ3v) is 9.39. The maximum atomic E-state index is 14.3. The van der Waals surface area contributed by atoms with Gasteiger partial charge in [0.1, 0.15) is 11.5 Å². The molecule has 150 valence electrons. The molecule has 5 nitrogen and oxygen atoms in total. The van der Waals surface area contributed by atoms with Crippen LogP contribution in [0.5, 0.6) is 0 Å². The minimum atomic E-state index is -0.597. The molecule has 6 atom stereocenters. The summed E-state index contributed by atoms with van der Waals surface area (Å²) in [5, 5.41) is 0. The van der Waals surface area contributed by atoms with Crippen molar-refractivity contribution >= 4 is 11.8 Å². The summed E-state index contributed by atoms with van der Waals surface area (Å²) in [7, 11) is 1.46. The summed E-state index contributed by atoms with van der Waals surface area (Å²) in [5.41, 5.74) is 2.22. The zero-order valence-corrected chi connectivity index (χ0v) is 17.0. The van der Waals surface area contributed by atoms with E-state index >= 15 is 0 Å². The largest absolute Gasteiger partial charge is 0.497 e. The van der Waals surface area contributed by atoms with E-state index in [4.69, 9.17) is 9.47 Å². The molecule has 3 aliphatic carbocycles. The van der Waals surface area contributed by atoms with Crippen molar-refractivity contribution in [2.45, 2.75) is 52.0 Å². The highest BCUT2D eigenvalue weighted by molar-refractivity contribution is 6.01. The molecule has 0 amide bonds. The predicted molar refractivity (Wildman–Crippen MR) is 102 cm³/mol. The summed E-state index contributed by atoms with van der Waals surface area (Å²) in [6, 6.07) is 0.434. The van der Waals surface area contributed by atoms with E-state index < -0.39 is 5.41 Å². The van der Waals surface area contributed by atoms with Gasteiger partial charge in [-0.2, -0.15) is 0 Å². The Labute approximate surface area is 166 Å². The normalized spacial score (nSPS) is 46.3. The van der Waals surface area contributed by atoms with Crippen LogP contribution in [0.4, 0.5) is 0 Å². The topological polar surface area (TPSA) is 55.8 Å². The van der Waals surface area contributed by atoms with E-state index in [1.807, 2.05) is 0 Å². The van der Waals surface area contributed by atoms with Crippen molar-refractivity contribution in [1.82, 2.24) is 4.90 Å². The fraction of sp³-hybridized carbons (Fsp3) is 0.739. The van der Waals surface area contributed by atoms with Crippen LogP contribution in [0.15, 0.2) is 22.5 Å². The predicted octanol–water partition coefficient (Wildman–Crippen LogP) is 2.86. The molecule has 0 aromatic carbocycles. The van der Waals surface area contributed by atoms with Gasteiger partial charge in [0.25, 0.3) is 0 Å². The van der Waals surface area contributed by atoms with Gasteiger partial charge in [-0.05, 0) is 36.7 Å². The molecule has 5 heteroatoms. The van der Waals surface area contributed by atoms with Gasteiger partial charge >= 0.3 is 5.97 Å². The number of ketones is 1. The molecule has 2 bridgehead atoms. The van der Waals surface area contributed by atoms with Crippen LogP contribution < -0.4 is 0 Å². The van der Waals surface area contributed by atoms with Gasteiger partial charge in [0.2, 0.25) is 0 Å². The van der Waals surface area contributed by atoms with Crippen LogP contribution in [0, 0.1) is 28.6 Å². The minimum absolute atomic E-state index is 0.0973. The Morgan fingerprint density at radius 2 is 2.11 bits per heavy atom. The number of methoxy groups -OCH3 is 1. The molecule has 3 fully saturated rings. The van der Waals surface area contributed by atoms with Crippen LogP contribution >= 0.6 is 0 Å². The highest BCUT2D eigenvalue weighted by atomic mass is 16.5. The molecule has 6 rings (SSSR count). The molecular weight excluding hydrogens is 354 g/mol. The SMILES string of the molecule is COC(=O)C1=C2CCOC3=C2C2(C1)C(=O)C1CC4N(CC1C)CC(CC3)C42C. The van der Waals surface area contributed by atoms with Crippen molar-refractivity contribution in [3.05, 3.63) is 22.5 Å². The van der Waals surface area contributed by atoms with Gasteiger partial charge in [-0.25, -0.2) is 4.79 Å². The Morgan fingerprint density at radius 1 is 1.29 bits per heavy atom. The smallest absolute Gasteiger partial charge is 0.334 e. The Balaban J connectivity index is 1.65. The summed E-state index contributed by atoms with van der Waals surface area (Å²) in [4.78, 5) is 29.7. The van der Waals surface area contributed by atoms with E-state index in [0.717, 1.165) is 54.8 Å². The van der Waals surface area contributed by atoms with Crippen LogP contribution in [0.2, 0.25) is 0 Å². The number of piperidine rings is 1. The Bertz CT molecular complexity index is 872. The lowest BCUT2D eigenvalue weighted by Gasteiger charge is -2.59. The van der Waals surface area contributed by atoms with Crippen molar-refractivity contribution < 1.29 is 19.1 Å². The summed E-state index contributed by atoms with van der Waals surface area (Å²) >= 11 is 0. The van der Waals surface area contributed by atoms with Crippen molar-refractivity contribution in [3.63, 3.8) is 0 Å². The average Bonchev–Trinajstić information content (AvgIpc) is 3.16. The number of carbonyl (C=O) groups is 2. The lowest BCUT2D eigenvalue weighted by atomic mass is 9.45. The summed E-state index contributed by atoms with van der Waals surface area (Å²) in [6.07, 6.45) is 4.20. The highest BCUT2D eigenvalue weighted by Crippen LogP contribution is 2.72. The number of hydrogen-bond donors (Lipinski definition) is 0. The highest BCUT2D eigenvalue weighted by Gasteiger charge is 2.74. The van der Waals surface area contributed by atoms with Gasteiger partial charge in [-0.3, -0.25) is 9.69 Å². The van der Waals surface area contributed by atoms with Crippen LogP contribution in [-0.4, -0.2) is 49.5 Å². The first-order valence-corrected chi connectivity index (χ1v) is 10.9. The fourth-order valence-electron chi connectivity index (χ4n) is 8.18. The van der Waals surface area contributed by atoms with E-state index in [2.05, 4.69) is 18.7 Å². The molecule has 1 spiro atoms. The number of nitrogens with zero attached hydrogens (tertiary/aromatic N) is 1. The number of rotatable bonds is 1. The fourth-order valence-corrected chi connectivity index (χ4v) is 8.18. The molecule has 2 saturated heterocycles. The number of carbonyl (C=O) groups excluding carboxylic acids is 2. The van der Waals surface area contributed by atoms with Crippen LogP contribution in [-0.2, 0) is 19.1 Å². The Morgan fingerprint density at radius 3 is 2.89 bits per heavy atom. The zero-order chi connectivity index (χ0) is 19.4. The van der Waals surface area contributed by atoms with E-state index in [0.29, 0.717) is 43.1 Å². The summed E-state index contributed by atoms with van der Waals surface area (Å²) in [6.45, 7) is 7.34. The Hall–Kier alpha value is -1.62. The molecule has 3 heterocycles. The second-order valence-corrected chi connectivity index (χ2v) is 10.1. The molecule has 28 heavy (non-hydrogen) atoms. The van der Waals surface area contributed by atoms with E-state index in [1.54, 1.807) is 0 Å². The lowest BCUT2D eigenvalue weighted by molar-refractivity contribution is -0.157. The standard InChI is InChI=1S/C23H29NO4/c1-12-10-24-11-13-4-5-17-19-14(6-7-28-17)16(21(26)27-3)9-23(19)20(25)15(12)8-18(24)22(13,23)2/h12-13,15,18H,4-11H2,1-3H3. The average molecular weight is 383 g/mol. The number of Topliss-reactive ketones (excluding diaryl/α,β-unsaturated/α-hetero) is 1.